The van der Waals surface area contributed by atoms with Gasteiger partial charge in [0.25, 0.3) is 0 Å². The standard InChI is InChI=1S/C16H22O2/c1-3-12-16(2,14-9-5-4-6-10-14)18-15-11-7-8-13-17-15/h3-6,9-10,15H,1,7-8,11-13H2,2H3. The van der Waals surface area contributed by atoms with E-state index < -0.39 is 0 Å². The highest BCUT2D eigenvalue weighted by Crippen LogP contribution is 2.33. The Hall–Kier alpha value is -1.12. The molecule has 0 radical (unpaired) electrons. The maximum atomic E-state index is 6.21. The van der Waals surface area contributed by atoms with Gasteiger partial charge < -0.3 is 9.47 Å². The maximum Gasteiger partial charge on any atom is 0.158 e. The van der Waals surface area contributed by atoms with Gasteiger partial charge in [-0.2, -0.15) is 0 Å². The van der Waals surface area contributed by atoms with Gasteiger partial charge in [0.05, 0.1) is 5.60 Å². The largest absolute Gasteiger partial charge is 0.353 e. The lowest BCUT2D eigenvalue weighted by Crippen LogP contribution is -2.34. The zero-order valence-corrected chi connectivity index (χ0v) is 11.1. The van der Waals surface area contributed by atoms with Gasteiger partial charge in [-0.25, -0.2) is 0 Å². The van der Waals surface area contributed by atoms with Gasteiger partial charge in [-0.15, -0.1) is 6.58 Å². The van der Waals surface area contributed by atoms with Gasteiger partial charge in [0.2, 0.25) is 0 Å². The number of benzene rings is 1. The van der Waals surface area contributed by atoms with Crippen molar-refractivity contribution in [2.24, 2.45) is 0 Å². The van der Waals surface area contributed by atoms with E-state index in [1.807, 2.05) is 24.3 Å². The Morgan fingerprint density at radius 1 is 1.39 bits per heavy atom. The topological polar surface area (TPSA) is 18.5 Å². The molecule has 0 aromatic heterocycles. The molecule has 2 heteroatoms. The minimum atomic E-state index is -0.342. The molecule has 18 heavy (non-hydrogen) atoms. The molecule has 0 aliphatic carbocycles. The van der Waals surface area contributed by atoms with Gasteiger partial charge in [0.15, 0.2) is 6.29 Å². The Bertz CT molecular complexity index is 368. The molecule has 2 nitrogen and oxygen atoms in total. The summed E-state index contributed by atoms with van der Waals surface area (Å²) < 4.78 is 11.9. The smallest absolute Gasteiger partial charge is 0.158 e. The first-order chi connectivity index (χ1) is 8.74. The first kappa shape index (κ1) is 13.3. The Kier molecular flexibility index (Phi) is 4.56. The fourth-order valence-electron chi connectivity index (χ4n) is 2.39. The van der Waals surface area contributed by atoms with Crippen LogP contribution < -0.4 is 0 Å². The normalized spacial score (nSPS) is 23.3. The molecule has 98 valence electrons. The molecule has 0 bridgehead atoms. The summed E-state index contributed by atoms with van der Waals surface area (Å²) in [5.74, 6) is 0. The van der Waals surface area contributed by atoms with Crippen LogP contribution in [-0.2, 0) is 15.1 Å². The van der Waals surface area contributed by atoms with Gasteiger partial charge in [0.1, 0.15) is 0 Å². The van der Waals surface area contributed by atoms with Crippen molar-refractivity contribution in [3.8, 4) is 0 Å². The van der Waals surface area contributed by atoms with Crippen LogP contribution in [-0.4, -0.2) is 12.9 Å². The molecule has 1 aliphatic rings. The first-order valence-electron chi connectivity index (χ1n) is 6.70. The van der Waals surface area contributed by atoms with Gasteiger partial charge in [-0.1, -0.05) is 36.4 Å². The molecule has 1 fully saturated rings. The second-order valence-corrected chi connectivity index (χ2v) is 5.00. The molecule has 0 amide bonds. The molecule has 0 spiro atoms. The summed E-state index contributed by atoms with van der Waals surface area (Å²) in [6.45, 7) is 6.77. The fraction of sp³-hybridized carbons (Fsp3) is 0.500. The van der Waals surface area contributed by atoms with Crippen molar-refractivity contribution in [1.82, 2.24) is 0 Å². The van der Waals surface area contributed by atoms with E-state index in [0.717, 1.165) is 25.9 Å². The van der Waals surface area contributed by atoms with Crippen LogP contribution in [0.25, 0.3) is 0 Å². The van der Waals surface area contributed by atoms with E-state index in [1.165, 1.54) is 12.0 Å². The third kappa shape index (κ3) is 3.21. The van der Waals surface area contributed by atoms with Crippen molar-refractivity contribution in [1.29, 1.82) is 0 Å². The SMILES string of the molecule is C=CCC(C)(OC1CCCCO1)c1ccccc1. The molecular weight excluding hydrogens is 224 g/mol. The van der Waals surface area contributed by atoms with Crippen LogP contribution in [0.5, 0.6) is 0 Å². The zero-order chi connectivity index (χ0) is 12.8. The highest BCUT2D eigenvalue weighted by Gasteiger charge is 2.30. The second kappa shape index (κ2) is 6.17. The monoisotopic (exact) mass is 246 g/mol. The van der Waals surface area contributed by atoms with Crippen LogP contribution in [0.1, 0.15) is 38.2 Å². The molecule has 1 aliphatic heterocycles. The van der Waals surface area contributed by atoms with Gasteiger partial charge in [-0.05, 0) is 38.2 Å². The summed E-state index contributed by atoms with van der Waals surface area (Å²) in [6.07, 6.45) is 5.93. The van der Waals surface area contributed by atoms with Gasteiger partial charge >= 0.3 is 0 Å². The number of hydrogen-bond acceptors (Lipinski definition) is 2. The number of rotatable bonds is 5. The van der Waals surface area contributed by atoms with Crippen molar-refractivity contribution in [2.45, 2.75) is 44.5 Å². The van der Waals surface area contributed by atoms with E-state index in [-0.39, 0.29) is 11.9 Å². The predicted molar refractivity (Wildman–Crippen MR) is 73.3 cm³/mol. The summed E-state index contributed by atoms with van der Waals surface area (Å²) >= 11 is 0. The van der Waals surface area contributed by atoms with Crippen LogP contribution in [0, 0.1) is 0 Å². The summed E-state index contributed by atoms with van der Waals surface area (Å²) in [7, 11) is 0. The van der Waals surface area contributed by atoms with Gasteiger partial charge in [0, 0.05) is 6.61 Å². The van der Waals surface area contributed by atoms with E-state index in [2.05, 4.69) is 25.6 Å². The first-order valence-corrected chi connectivity index (χ1v) is 6.70. The second-order valence-electron chi connectivity index (χ2n) is 5.00. The minimum absolute atomic E-state index is 0.0797. The van der Waals surface area contributed by atoms with Crippen molar-refractivity contribution in [2.75, 3.05) is 6.61 Å². The Labute approximate surface area is 110 Å². The van der Waals surface area contributed by atoms with Crippen molar-refractivity contribution in [3.63, 3.8) is 0 Å². The number of ether oxygens (including phenoxy) is 2. The summed E-state index contributed by atoms with van der Waals surface area (Å²) in [5.41, 5.74) is 0.837. The molecule has 0 N–H and O–H groups in total. The molecule has 2 atom stereocenters. The third-order valence-corrected chi connectivity index (χ3v) is 3.45. The molecule has 2 rings (SSSR count). The highest BCUT2D eigenvalue weighted by molar-refractivity contribution is 5.22. The average Bonchev–Trinajstić information content (AvgIpc) is 2.41. The van der Waals surface area contributed by atoms with E-state index in [4.69, 9.17) is 9.47 Å². The van der Waals surface area contributed by atoms with Crippen molar-refractivity contribution >= 4 is 0 Å². The lowest BCUT2D eigenvalue weighted by molar-refractivity contribution is -0.223. The Morgan fingerprint density at radius 3 is 2.78 bits per heavy atom. The van der Waals surface area contributed by atoms with Gasteiger partial charge in [-0.3, -0.25) is 0 Å². The molecule has 1 saturated heterocycles. The lowest BCUT2D eigenvalue weighted by Gasteiger charge is -2.35. The number of hydrogen-bond donors (Lipinski definition) is 0. The van der Waals surface area contributed by atoms with Crippen LogP contribution in [0.15, 0.2) is 43.0 Å². The van der Waals surface area contributed by atoms with Crippen molar-refractivity contribution < 1.29 is 9.47 Å². The molecule has 1 heterocycles. The quantitative estimate of drug-likeness (QED) is 0.730. The van der Waals surface area contributed by atoms with E-state index in [9.17, 15) is 0 Å². The van der Waals surface area contributed by atoms with E-state index in [1.54, 1.807) is 0 Å². The average molecular weight is 246 g/mol. The lowest BCUT2D eigenvalue weighted by atomic mass is 9.92. The minimum Gasteiger partial charge on any atom is -0.353 e. The van der Waals surface area contributed by atoms with Crippen LogP contribution in [0.4, 0.5) is 0 Å². The van der Waals surface area contributed by atoms with E-state index >= 15 is 0 Å². The fourth-order valence-corrected chi connectivity index (χ4v) is 2.39. The predicted octanol–water partition coefficient (Wildman–Crippen LogP) is 4.02. The molecular formula is C16H22O2. The summed E-state index contributed by atoms with van der Waals surface area (Å²) in [6, 6.07) is 10.3. The molecule has 2 unspecified atom stereocenters. The Morgan fingerprint density at radius 2 is 2.17 bits per heavy atom. The molecule has 1 aromatic carbocycles. The van der Waals surface area contributed by atoms with Crippen LogP contribution in [0.3, 0.4) is 0 Å². The zero-order valence-electron chi connectivity index (χ0n) is 11.1. The van der Waals surface area contributed by atoms with Crippen LogP contribution in [0.2, 0.25) is 0 Å². The Balaban J connectivity index is 2.12. The van der Waals surface area contributed by atoms with Crippen LogP contribution >= 0.6 is 0 Å². The van der Waals surface area contributed by atoms with Crippen molar-refractivity contribution in [3.05, 3.63) is 48.6 Å². The summed E-state index contributed by atoms with van der Waals surface area (Å²) in [5, 5.41) is 0. The van der Waals surface area contributed by atoms with E-state index in [0.29, 0.717) is 0 Å². The third-order valence-electron chi connectivity index (χ3n) is 3.45. The summed E-state index contributed by atoms with van der Waals surface area (Å²) in [4.78, 5) is 0. The molecule has 0 saturated carbocycles. The highest BCUT2D eigenvalue weighted by atomic mass is 16.7. The molecule has 1 aromatic rings. The maximum absolute atomic E-state index is 6.21.